The maximum absolute atomic E-state index is 13.5. The molecule has 0 fully saturated rings. The molecule has 0 spiro atoms. The van der Waals surface area contributed by atoms with Crippen molar-refractivity contribution in [2.75, 3.05) is 18.4 Å². The average Bonchev–Trinajstić information content (AvgIpc) is 2.89. The summed E-state index contributed by atoms with van der Waals surface area (Å²) in [6.45, 7) is 0.831. The van der Waals surface area contributed by atoms with E-state index in [0.717, 1.165) is 17.7 Å². The second-order valence-corrected chi connectivity index (χ2v) is 7.21. The highest BCUT2D eigenvalue weighted by atomic mass is 32.1. The Kier molecular flexibility index (Phi) is 5.67. The number of nitrogens with one attached hydrogen (secondary N) is 2. The Morgan fingerprint density at radius 3 is 2.92 bits per heavy atom. The van der Waals surface area contributed by atoms with Gasteiger partial charge >= 0.3 is 0 Å². The molecule has 0 atom stereocenters. The van der Waals surface area contributed by atoms with Gasteiger partial charge in [0, 0.05) is 18.0 Å². The Bertz CT molecular complexity index is 786. The third-order valence-corrected chi connectivity index (χ3v) is 5.56. The first-order valence-corrected chi connectivity index (χ1v) is 9.33. The quantitative estimate of drug-likeness (QED) is 0.631. The molecule has 0 unspecified atom stereocenters. The van der Waals surface area contributed by atoms with Crippen LogP contribution in [0.2, 0.25) is 0 Å². The molecule has 1 amide bonds. The molecule has 0 saturated carbocycles. The van der Waals surface area contributed by atoms with Crippen molar-refractivity contribution in [2.45, 2.75) is 32.1 Å². The van der Waals surface area contributed by atoms with Gasteiger partial charge in [-0.2, -0.15) is 5.26 Å². The maximum Gasteiger partial charge on any atom is 0.261 e. The molecular formula is C19H20FN3OS. The summed E-state index contributed by atoms with van der Waals surface area (Å²) in [4.78, 5) is 14.4. The van der Waals surface area contributed by atoms with Crippen LogP contribution < -0.4 is 10.6 Å². The zero-order valence-electron chi connectivity index (χ0n) is 13.9. The van der Waals surface area contributed by atoms with Crippen LogP contribution in [0, 0.1) is 17.1 Å². The van der Waals surface area contributed by atoms with Gasteiger partial charge in [-0.15, -0.1) is 11.3 Å². The molecule has 1 heterocycles. The van der Waals surface area contributed by atoms with E-state index in [2.05, 4.69) is 10.6 Å². The minimum absolute atomic E-state index is 0.00387. The third kappa shape index (κ3) is 4.18. The second-order valence-electron chi connectivity index (χ2n) is 6.08. The molecule has 1 aliphatic rings. The average molecular weight is 357 g/mol. The number of benzene rings is 1. The summed E-state index contributed by atoms with van der Waals surface area (Å²) < 4.78 is 13.5. The molecule has 0 radical (unpaired) electrons. The molecule has 2 aromatic rings. The van der Waals surface area contributed by atoms with E-state index < -0.39 is 5.82 Å². The van der Waals surface area contributed by atoms with Crippen LogP contribution in [-0.2, 0) is 12.8 Å². The van der Waals surface area contributed by atoms with Gasteiger partial charge in [0.15, 0.2) is 0 Å². The number of anilines is 1. The van der Waals surface area contributed by atoms with E-state index in [0.29, 0.717) is 18.8 Å². The molecule has 6 heteroatoms. The predicted molar refractivity (Wildman–Crippen MR) is 97.5 cm³/mol. The number of fused-ring (bicyclic) bond motifs is 1. The largest absolute Gasteiger partial charge is 0.382 e. The van der Waals surface area contributed by atoms with E-state index >= 15 is 0 Å². The minimum atomic E-state index is -0.545. The Hall–Kier alpha value is -2.39. The van der Waals surface area contributed by atoms with Crippen molar-refractivity contribution in [2.24, 2.45) is 0 Å². The van der Waals surface area contributed by atoms with Crippen LogP contribution in [0.4, 0.5) is 10.1 Å². The van der Waals surface area contributed by atoms with Crippen molar-refractivity contribution >= 4 is 22.9 Å². The third-order valence-electron chi connectivity index (χ3n) is 4.32. The van der Waals surface area contributed by atoms with E-state index in [9.17, 15) is 9.18 Å². The van der Waals surface area contributed by atoms with Gasteiger partial charge in [-0.25, -0.2) is 4.39 Å². The first-order valence-electron chi connectivity index (χ1n) is 8.51. The first-order chi connectivity index (χ1) is 12.2. The lowest BCUT2D eigenvalue weighted by atomic mass is 10.1. The van der Waals surface area contributed by atoms with E-state index in [-0.39, 0.29) is 11.5 Å². The maximum atomic E-state index is 13.5. The zero-order chi connectivity index (χ0) is 17.6. The monoisotopic (exact) mass is 357 g/mol. The number of aryl methyl sites for hydroxylation is 2. The number of amides is 1. The summed E-state index contributed by atoms with van der Waals surface area (Å²) in [5.41, 5.74) is 1.76. The summed E-state index contributed by atoms with van der Waals surface area (Å²) in [6.07, 6.45) is 5.80. The van der Waals surface area contributed by atoms with Crippen LogP contribution in [0.1, 0.15) is 44.9 Å². The molecule has 130 valence electrons. The van der Waals surface area contributed by atoms with Crippen molar-refractivity contribution in [1.29, 1.82) is 5.26 Å². The van der Waals surface area contributed by atoms with Gasteiger partial charge in [-0.1, -0.05) is 12.5 Å². The zero-order valence-corrected chi connectivity index (χ0v) is 14.7. The smallest absolute Gasteiger partial charge is 0.261 e. The minimum Gasteiger partial charge on any atom is -0.382 e. The van der Waals surface area contributed by atoms with Crippen LogP contribution in [0.3, 0.4) is 0 Å². The van der Waals surface area contributed by atoms with E-state index in [1.807, 2.05) is 12.1 Å². The van der Waals surface area contributed by atoms with Gasteiger partial charge in [-0.3, -0.25) is 4.79 Å². The number of nitriles is 1. The molecule has 1 aromatic carbocycles. The van der Waals surface area contributed by atoms with Crippen molar-refractivity contribution < 1.29 is 9.18 Å². The fraction of sp³-hybridized carbons (Fsp3) is 0.368. The Balaban J connectivity index is 1.52. The van der Waals surface area contributed by atoms with Crippen LogP contribution in [0.5, 0.6) is 0 Å². The Morgan fingerprint density at radius 2 is 2.08 bits per heavy atom. The van der Waals surface area contributed by atoms with Gasteiger partial charge in [0.1, 0.15) is 17.4 Å². The fourth-order valence-corrected chi connectivity index (χ4v) is 4.19. The number of carbonyl (C=O) groups is 1. The van der Waals surface area contributed by atoms with E-state index in [1.165, 1.54) is 35.8 Å². The van der Waals surface area contributed by atoms with Crippen molar-refractivity contribution in [1.82, 2.24) is 5.32 Å². The molecule has 0 saturated heterocycles. The number of carbonyl (C=O) groups excluding carboxylic acids is 1. The van der Waals surface area contributed by atoms with Crippen molar-refractivity contribution in [3.8, 4) is 6.07 Å². The molecule has 2 N–H and O–H groups in total. The Labute approximate surface area is 150 Å². The molecule has 0 bridgehead atoms. The number of nitrogens with zero attached hydrogens (tertiary/aromatic N) is 1. The second kappa shape index (κ2) is 8.13. The fourth-order valence-electron chi connectivity index (χ4n) is 3.02. The highest BCUT2D eigenvalue weighted by Gasteiger charge is 2.16. The summed E-state index contributed by atoms with van der Waals surface area (Å²) >= 11 is 1.59. The van der Waals surface area contributed by atoms with Crippen LogP contribution in [0.15, 0.2) is 24.3 Å². The van der Waals surface area contributed by atoms with Gasteiger partial charge in [0.05, 0.1) is 10.6 Å². The highest BCUT2D eigenvalue weighted by molar-refractivity contribution is 7.14. The molecule has 0 aliphatic heterocycles. The van der Waals surface area contributed by atoms with Crippen molar-refractivity contribution in [3.05, 3.63) is 51.0 Å². The number of halogens is 1. The molecule has 25 heavy (non-hydrogen) atoms. The normalized spacial score (nSPS) is 13.4. The Morgan fingerprint density at radius 1 is 1.24 bits per heavy atom. The van der Waals surface area contributed by atoms with Crippen LogP contribution >= 0.6 is 11.3 Å². The topological polar surface area (TPSA) is 64.9 Å². The van der Waals surface area contributed by atoms with Gasteiger partial charge < -0.3 is 10.6 Å². The molecule has 1 aliphatic carbocycles. The van der Waals surface area contributed by atoms with Crippen molar-refractivity contribution in [3.63, 3.8) is 0 Å². The lowest BCUT2D eigenvalue weighted by Crippen LogP contribution is -2.28. The standard InChI is InChI=1S/C19H20FN3OS/c20-15-6-4-7-16(14(15)12-21)22-9-10-23-19(24)18-11-13-5-2-1-3-8-17(13)25-18/h4,6-7,11,22H,1-3,5,8-10H2,(H,23,24). The highest BCUT2D eigenvalue weighted by Crippen LogP contribution is 2.28. The summed E-state index contributed by atoms with van der Waals surface area (Å²) in [5, 5.41) is 14.9. The number of rotatable bonds is 5. The van der Waals surface area contributed by atoms with Gasteiger partial charge in [-0.05, 0) is 49.4 Å². The number of hydrogen-bond acceptors (Lipinski definition) is 4. The molecule has 1 aromatic heterocycles. The molecule has 4 nitrogen and oxygen atoms in total. The van der Waals surface area contributed by atoms with Crippen LogP contribution in [-0.4, -0.2) is 19.0 Å². The van der Waals surface area contributed by atoms with E-state index in [4.69, 9.17) is 5.26 Å². The van der Waals surface area contributed by atoms with Gasteiger partial charge in [0.25, 0.3) is 5.91 Å². The first kappa shape index (κ1) is 17.4. The number of thiophene rings is 1. The lowest BCUT2D eigenvalue weighted by Gasteiger charge is -2.09. The SMILES string of the molecule is N#Cc1c(F)cccc1NCCNC(=O)c1cc2c(s1)CCCCC2. The summed E-state index contributed by atoms with van der Waals surface area (Å²) in [5.74, 6) is -0.615. The molecular weight excluding hydrogens is 337 g/mol. The van der Waals surface area contributed by atoms with E-state index in [1.54, 1.807) is 23.5 Å². The lowest BCUT2D eigenvalue weighted by molar-refractivity contribution is 0.0959. The van der Waals surface area contributed by atoms with Crippen LogP contribution in [0.25, 0.3) is 0 Å². The predicted octanol–water partition coefficient (Wildman–Crippen LogP) is 3.87. The number of hydrogen-bond donors (Lipinski definition) is 2. The van der Waals surface area contributed by atoms with Gasteiger partial charge in [0.2, 0.25) is 0 Å². The summed E-state index contributed by atoms with van der Waals surface area (Å²) in [6, 6.07) is 8.33. The summed E-state index contributed by atoms with van der Waals surface area (Å²) in [7, 11) is 0. The molecule has 3 rings (SSSR count).